The molecule has 1 heterocycles. The average molecular weight is 255 g/mol. The van der Waals surface area contributed by atoms with Crippen LogP contribution >= 0.6 is 0 Å². The summed E-state index contributed by atoms with van der Waals surface area (Å²) in [7, 11) is 0. The van der Waals surface area contributed by atoms with E-state index >= 15 is 0 Å². The van der Waals surface area contributed by atoms with E-state index in [9.17, 15) is 18.3 Å². The van der Waals surface area contributed by atoms with Crippen molar-refractivity contribution >= 4 is 0 Å². The van der Waals surface area contributed by atoms with Gasteiger partial charge in [-0.25, -0.2) is 0 Å². The molecule has 0 aromatic rings. The van der Waals surface area contributed by atoms with E-state index in [0.29, 0.717) is 25.9 Å². The molecule has 2 unspecified atom stereocenters. The van der Waals surface area contributed by atoms with Crippen LogP contribution in [-0.4, -0.2) is 52.6 Å². The zero-order valence-electron chi connectivity index (χ0n) is 10.0. The minimum absolute atomic E-state index is 0.225. The van der Waals surface area contributed by atoms with E-state index in [1.807, 2.05) is 4.90 Å². The van der Waals surface area contributed by atoms with Crippen LogP contribution in [0, 0.1) is 0 Å². The van der Waals surface area contributed by atoms with E-state index in [2.05, 4.69) is 0 Å². The summed E-state index contributed by atoms with van der Waals surface area (Å²) in [6, 6.07) is 0. The summed E-state index contributed by atoms with van der Waals surface area (Å²) in [6.07, 6.45) is -4.63. The summed E-state index contributed by atoms with van der Waals surface area (Å²) in [5, 5.41) is 18.7. The quantitative estimate of drug-likeness (QED) is 0.804. The van der Waals surface area contributed by atoms with E-state index in [1.54, 1.807) is 6.92 Å². The van der Waals surface area contributed by atoms with Crippen LogP contribution in [0.25, 0.3) is 0 Å². The number of nitrogens with zero attached hydrogens (tertiary/aromatic N) is 1. The van der Waals surface area contributed by atoms with Crippen molar-refractivity contribution in [1.82, 2.24) is 4.90 Å². The highest BCUT2D eigenvalue weighted by molar-refractivity contribution is 4.89. The Balaban J connectivity index is 2.50. The minimum Gasteiger partial charge on any atom is -0.393 e. The Morgan fingerprint density at radius 3 is 2.47 bits per heavy atom. The molecule has 1 aliphatic heterocycles. The van der Waals surface area contributed by atoms with Crippen LogP contribution < -0.4 is 0 Å². The first kappa shape index (κ1) is 14.7. The van der Waals surface area contributed by atoms with Gasteiger partial charge >= 0.3 is 6.18 Å². The molecular weight excluding hydrogens is 235 g/mol. The van der Waals surface area contributed by atoms with E-state index in [0.717, 1.165) is 0 Å². The van der Waals surface area contributed by atoms with E-state index in [4.69, 9.17) is 5.11 Å². The van der Waals surface area contributed by atoms with Crippen molar-refractivity contribution < 1.29 is 23.4 Å². The highest BCUT2D eigenvalue weighted by Gasteiger charge is 2.53. The smallest absolute Gasteiger partial charge is 0.393 e. The second-order valence-corrected chi connectivity index (χ2v) is 4.86. The van der Waals surface area contributed by atoms with Crippen LogP contribution in [0.5, 0.6) is 0 Å². The standard InChI is InChI=1S/C11H20F3NO2/c1-9(16)3-7-15-6-2-4-10(17,5-8-15)11(12,13)14/h9,16-17H,2-8H2,1H3. The maximum Gasteiger partial charge on any atom is 0.417 e. The molecule has 0 aromatic heterocycles. The van der Waals surface area contributed by atoms with Gasteiger partial charge in [0.2, 0.25) is 0 Å². The first-order valence-electron chi connectivity index (χ1n) is 5.94. The summed E-state index contributed by atoms with van der Waals surface area (Å²) < 4.78 is 37.9. The second-order valence-electron chi connectivity index (χ2n) is 4.86. The highest BCUT2D eigenvalue weighted by atomic mass is 19.4. The fourth-order valence-corrected chi connectivity index (χ4v) is 2.05. The number of likely N-dealkylation sites (tertiary alicyclic amines) is 1. The number of alkyl halides is 3. The van der Waals surface area contributed by atoms with Gasteiger partial charge in [-0.2, -0.15) is 13.2 Å². The number of hydrogen-bond acceptors (Lipinski definition) is 3. The van der Waals surface area contributed by atoms with Gasteiger partial charge in [0, 0.05) is 13.1 Å². The van der Waals surface area contributed by atoms with Crippen molar-refractivity contribution in [3.63, 3.8) is 0 Å². The third-order valence-electron chi connectivity index (χ3n) is 3.30. The van der Waals surface area contributed by atoms with Crippen LogP contribution in [0.15, 0.2) is 0 Å². The minimum atomic E-state index is -4.55. The third-order valence-corrected chi connectivity index (χ3v) is 3.30. The molecule has 0 amide bonds. The molecule has 6 heteroatoms. The Morgan fingerprint density at radius 2 is 1.94 bits per heavy atom. The monoisotopic (exact) mass is 255 g/mol. The molecule has 0 saturated carbocycles. The molecule has 0 aliphatic carbocycles. The summed E-state index contributed by atoms with van der Waals surface area (Å²) in [6.45, 7) is 3.00. The first-order chi connectivity index (χ1) is 7.74. The maximum atomic E-state index is 12.6. The number of hydrogen-bond donors (Lipinski definition) is 2. The molecule has 17 heavy (non-hydrogen) atoms. The predicted octanol–water partition coefficient (Wildman–Crippen LogP) is 1.54. The molecule has 0 bridgehead atoms. The lowest BCUT2D eigenvalue weighted by Crippen LogP contribution is -2.45. The summed E-state index contributed by atoms with van der Waals surface area (Å²) in [4.78, 5) is 1.87. The van der Waals surface area contributed by atoms with Crippen molar-refractivity contribution in [2.45, 2.75) is 50.5 Å². The lowest BCUT2D eigenvalue weighted by atomic mass is 9.94. The number of halogens is 3. The Kier molecular flexibility index (Phi) is 4.80. The van der Waals surface area contributed by atoms with E-state index < -0.39 is 17.9 Å². The summed E-state index contributed by atoms with van der Waals surface area (Å²) in [5.41, 5.74) is -2.54. The first-order valence-corrected chi connectivity index (χ1v) is 5.94. The van der Waals surface area contributed by atoms with Crippen molar-refractivity contribution in [2.75, 3.05) is 19.6 Å². The molecular formula is C11H20F3NO2. The summed E-state index contributed by atoms with van der Waals surface area (Å²) in [5.74, 6) is 0. The molecule has 0 aromatic carbocycles. The second kappa shape index (κ2) is 5.54. The Bertz CT molecular complexity index is 245. The van der Waals surface area contributed by atoms with Gasteiger partial charge in [-0.3, -0.25) is 0 Å². The predicted molar refractivity (Wildman–Crippen MR) is 57.6 cm³/mol. The van der Waals surface area contributed by atoms with Gasteiger partial charge in [0.05, 0.1) is 6.10 Å². The Labute approximate surface area is 99.2 Å². The molecule has 102 valence electrons. The van der Waals surface area contributed by atoms with Gasteiger partial charge in [-0.05, 0) is 39.2 Å². The molecule has 1 saturated heterocycles. The molecule has 3 nitrogen and oxygen atoms in total. The largest absolute Gasteiger partial charge is 0.417 e. The Morgan fingerprint density at radius 1 is 1.29 bits per heavy atom. The molecule has 2 N–H and O–H groups in total. The summed E-state index contributed by atoms with van der Waals surface area (Å²) >= 11 is 0. The molecule has 0 spiro atoms. The molecule has 2 atom stereocenters. The number of rotatable bonds is 3. The normalized spacial score (nSPS) is 30.0. The van der Waals surface area contributed by atoms with Crippen molar-refractivity contribution in [2.24, 2.45) is 0 Å². The fourth-order valence-electron chi connectivity index (χ4n) is 2.05. The zero-order valence-corrected chi connectivity index (χ0v) is 10.0. The van der Waals surface area contributed by atoms with Gasteiger partial charge in [0.15, 0.2) is 5.60 Å². The zero-order chi connectivity index (χ0) is 13.1. The van der Waals surface area contributed by atoms with Crippen molar-refractivity contribution in [3.05, 3.63) is 0 Å². The molecule has 1 fully saturated rings. The SMILES string of the molecule is CC(O)CCN1CCCC(O)(C(F)(F)F)CC1. The topological polar surface area (TPSA) is 43.7 Å². The van der Waals surface area contributed by atoms with E-state index in [1.165, 1.54) is 0 Å². The van der Waals surface area contributed by atoms with Gasteiger partial charge in [0.25, 0.3) is 0 Å². The highest BCUT2D eigenvalue weighted by Crippen LogP contribution is 2.38. The van der Waals surface area contributed by atoms with Gasteiger partial charge in [-0.15, -0.1) is 0 Å². The molecule has 1 aliphatic rings. The van der Waals surface area contributed by atoms with Crippen LogP contribution in [0.4, 0.5) is 13.2 Å². The number of aliphatic hydroxyl groups excluding tert-OH is 1. The van der Waals surface area contributed by atoms with E-state index in [-0.39, 0.29) is 19.4 Å². The van der Waals surface area contributed by atoms with Gasteiger partial charge < -0.3 is 15.1 Å². The molecule has 1 rings (SSSR count). The van der Waals surface area contributed by atoms with Gasteiger partial charge in [-0.1, -0.05) is 0 Å². The van der Waals surface area contributed by atoms with Crippen LogP contribution in [0.2, 0.25) is 0 Å². The van der Waals surface area contributed by atoms with Crippen molar-refractivity contribution in [1.29, 1.82) is 0 Å². The Hall–Kier alpha value is -0.330. The number of aliphatic hydroxyl groups is 2. The van der Waals surface area contributed by atoms with Crippen molar-refractivity contribution in [3.8, 4) is 0 Å². The lowest BCUT2D eigenvalue weighted by molar-refractivity contribution is -0.263. The molecule has 0 radical (unpaired) electrons. The van der Waals surface area contributed by atoms with Gasteiger partial charge in [0.1, 0.15) is 0 Å². The fraction of sp³-hybridized carbons (Fsp3) is 1.00. The third kappa shape index (κ3) is 4.12. The van der Waals surface area contributed by atoms with Crippen LogP contribution in [0.3, 0.4) is 0 Å². The lowest BCUT2D eigenvalue weighted by Gasteiger charge is -2.29. The average Bonchev–Trinajstić information content (AvgIpc) is 2.37. The van der Waals surface area contributed by atoms with Crippen LogP contribution in [0.1, 0.15) is 32.6 Å². The van der Waals surface area contributed by atoms with Crippen LogP contribution in [-0.2, 0) is 0 Å². The maximum absolute atomic E-state index is 12.6.